The van der Waals surface area contributed by atoms with Gasteiger partial charge in [-0.2, -0.15) is 0 Å². The highest BCUT2D eigenvalue weighted by molar-refractivity contribution is 5.84. The van der Waals surface area contributed by atoms with Gasteiger partial charge in [0.2, 0.25) is 11.8 Å². The third-order valence-electron chi connectivity index (χ3n) is 4.91. The van der Waals surface area contributed by atoms with E-state index in [0.717, 1.165) is 51.7 Å². The molecule has 0 aromatic heterocycles. The summed E-state index contributed by atoms with van der Waals surface area (Å²) >= 11 is 0. The number of nitrogens with one attached hydrogen (secondary N) is 1. The lowest BCUT2D eigenvalue weighted by atomic mass is 9.72. The van der Waals surface area contributed by atoms with Crippen LogP contribution in [0.25, 0.3) is 0 Å². The van der Waals surface area contributed by atoms with E-state index in [-0.39, 0.29) is 23.1 Å². The highest BCUT2D eigenvalue weighted by Crippen LogP contribution is 2.38. The maximum atomic E-state index is 12.3. The van der Waals surface area contributed by atoms with E-state index in [1.165, 1.54) is 0 Å². The number of piperidine rings is 2. The number of nitrogens with zero attached hydrogens (tertiary/aromatic N) is 1. The van der Waals surface area contributed by atoms with Crippen LogP contribution in [-0.4, -0.2) is 49.6 Å². The molecule has 3 rings (SSSR count). The number of likely N-dealkylation sites (tertiary alicyclic amines) is 1. The van der Waals surface area contributed by atoms with Gasteiger partial charge in [-0.25, -0.2) is 0 Å². The fourth-order valence-corrected chi connectivity index (χ4v) is 3.55. The summed E-state index contributed by atoms with van der Waals surface area (Å²) < 4.78 is 5.28. The molecule has 1 spiro atoms. The van der Waals surface area contributed by atoms with Crippen molar-refractivity contribution in [3.05, 3.63) is 0 Å². The molecule has 3 fully saturated rings. The zero-order valence-electron chi connectivity index (χ0n) is 11.3. The normalized spacial score (nSPS) is 30.4. The van der Waals surface area contributed by atoms with Crippen molar-refractivity contribution in [2.45, 2.75) is 32.1 Å². The summed E-state index contributed by atoms with van der Waals surface area (Å²) in [5.74, 6) is 0.479. The van der Waals surface area contributed by atoms with Gasteiger partial charge in [0.25, 0.3) is 0 Å². The maximum absolute atomic E-state index is 12.3. The zero-order chi connectivity index (χ0) is 13.3. The SMILES string of the molecule is O=C([C@@H]1CCOC1)N1CCC2(CCCNC2=O)CC1. The van der Waals surface area contributed by atoms with Gasteiger partial charge in [-0.05, 0) is 32.1 Å². The summed E-state index contributed by atoms with van der Waals surface area (Å²) in [6.07, 6.45) is 4.53. The Bertz CT molecular complexity index is 369. The molecule has 5 nitrogen and oxygen atoms in total. The van der Waals surface area contributed by atoms with Gasteiger partial charge < -0.3 is 15.0 Å². The first-order chi connectivity index (χ1) is 9.21. The number of rotatable bonds is 1. The second kappa shape index (κ2) is 5.12. The van der Waals surface area contributed by atoms with Crippen molar-refractivity contribution in [3.63, 3.8) is 0 Å². The van der Waals surface area contributed by atoms with Crippen molar-refractivity contribution < 1.29 is 14.3 Å². The van der Waals surface area contributed by atoms with E-state index in [1.54, 1.807) is 0 Å². The van der Waals surface area contributed by atoms with Gasteiger partial charge >= 0.3 is 0 Å². The molecule has 19 heavy (non-hydrogen) atoms. The molecule has 0 aliphatic carbocycles. The fourth-order valence-electron chi connectivity index (χ4n) is 3.55. The van der Waals surface area contributed by atoms with Crippen LogP contribution >= 0.6 is 0 Å². The number of ether oxygens (including phenoxy) is 1. The Labute approximate surface area is 113 Å². The van der Waals surface area contributed by atoms with Crippen molar-refractivity contribution in [1.29, 1.82) is 0 Å². The van der Waals surface area contributed by atoms with E-state index < -0.39 is 0 Å². The van der Waals surface area contributed by atoms with E-state index in [9.17, 15) is 9.59 Å². The standard InChI is InChI=1S/C14H22N2O3/c17-12(11-2-9-19-10-11)16-7-4-14(5-8-16)3-1-6-15-13(14)18/h11H,1-10H2,(H,15,18)/t11-/m1/s1. The first-order valence-corrected chi connectivity index (χ1v) is 7.36. The van der Waals surface area contributed by atoms with Crippen molar-refractivity contribution in [3.8, 4) is 0 Å². The van der Waals surface area contributed by atoms with E-state index in [2.05, 4.69) is 5.32 Å². The average molecular weight is 266 g/mol. The van der Waals surface area contributed by atoms with Gasteiger partial charge in [-0.3, -0.25) is 9.59 Å². The molecule has 3 heterocycles. The van der Waals surface area contributed by atoms with Gasteiger partial charge in [0, 0.05) is 26.2 Å². The Kier molecular flexibility index (Phi) is 3.48. The second-order valence-corrected chi connectivity index (χ2v) is 6.03. The summed E-state index contributed by atoms with van der Waals surface area (Å²) in [5, 5.41) is 2.98. The number of hydrogen-bond donors (Lipinski definition) is 1. The monoisotopic (exact) mass is 266 g/mol. The minimum atomic E-state index is -0.193. The predicted molar refractivity (Wildman–Crippen MR) is 69.4 cm³/mol. The molecule has 0 aromatic rings. The Morgan fingerprint density at radius 1 is 1.32 bits per heavy atom. The lowest BCUT2D eigenvalue weighted by molar-refractivity contribution is -0.144. The number of amides is 2. The first kappa shape index (κ1) is 12.9. The van der Waals surface area contributed by atoms with Gasteiger partial charge in [0.1, 0.15) is 0 Å². The smallest absolute Gasteiger partial charge is 0.228 e. The van der Waals surface area contributed by atoms with Gasteiger partial charge in [-0.1, -0.05) is 0 Å². The predicted octanol–water partition coefficient (Wildman–Crippen LogP) is 0.542. The Hall–Kier alpha value is -1.10. The van der Waals surface area contributed by atoms with Crippen molar-refractivity contribution in [2.24, 2.45) is 11.3 Å². The summed E-state index contributed by atoms with van der Waals surface area (Å²) in [6, 6.07) is 0. The molecule has 3 aliphatic heterocycles. The van der Waals surface area contributed by atoms with Crippen molar-refractivity contribution in [1.82, 2.24) is 10.2 Å². The lowest BCUT2D eigenvalue weighted by Gasteiger charge is -2.43. The van der Waals surface area contributed by atoms with Crippen LogP contribution in [0.2, 0.25) is 0 Å². The topological polar surface area (TPSA) is 58.6 Å². The quantitative estimate of drug-likeness (QED) is 0.753. The van der Waals surface area contributed by atoms with Crippen LogP contribution in [0.3, 0.4) is 0 Å². The summed E-state index contributed by atoms with van der Waals surface area (Å²) in [7, 11) is 0. The molecular formula is C14H22N2O3. The van der Waals surface area contributed by atoms with Gasteiger partial charge in [0.15, 0.2) is 0 Å². The van der Waals surface area contributed by atoms with E-state index in [4.69, 9.17) is 4.74 Å². The molecule has 0 bridgehead atoms. The molecule has 3 saturated heterocycles. The Balaban J connectivity index is 1.59. The molecule has 106 valence electrons. The van der Waals surface area contributed by atoms with E-state index in [1.807, 2.05) is 4.90 Å². The van der Waals surface area contributed by atoms with E-state index >= 15 is 0 Å². The molecule has 0 radical (unpaired) electrons. The van der Waals surface area contributed by atoms with Crippen molar-refractivity contribution in [2.75, 3.05) is 32.8 Å². The molecular weight excluding hydrogens is 244 g/mol. The van der Waals surface area contributed by atoms with E-state index in [0.29, 0.717) is 13.2 Å². The molecule has 5 heteroatoms. The third-order valence-corrected chi connectivity index (χ3v) is 4.91. The Morgan fingerprint density at radius 2 is 2.11 bits per heavy atom. The highest BCUT2D eigenvalue weighted by atomic mass is 16.5. The number of hydrogen-bond acceptors (Lipinski definition) is 3. The molecule has 1 atom stereocenters. The fraction of sp³-hybridized carbons (Fsp3) is 0.857. The summed E-state index contributed by atoms with van der Waals surface area (Å²) in [5.41, 5.74) is -0.193. The number of carbonyl (C=O) groups excluding carboxylic acids is 2. The number of carbonyl (C=O) groups is 2. The molecule has 3 aliphatic rings. The van der Waals surface area contributed by atoms with Crippen molar-refractivity contribution >= 4 is 11.8 Å². The molecule has 1 N–H and O–H groups in total. The van der Waals surface area contributed by atoms with Crippen LogP contribution in [0, 0.1) is 11.3 Å². The largest absolute Gasteiger partial charge is 0.381 e. The maximum Gasteiger partial charge on any atom is 0.228 e. The zero-order valence-corrected chi connectivity index (χ0v) is 11.3. The molecule has 0 aromatic carbocycles. The minimum Gasteiger partial charge on any atom is -0.381 e. The van der Waals surface area contributed by atoms with Crippen LogP contribution in [-0.2, 0) is 14.3 Å². The summed E-state index contributed by atoms with van der Waals surface area (Å²) in [4.78, 5) is 26.3. The molecule has 0 unspecified atom stereocenters. The van der Waals surface area contributed by atoms with Crippen LogP contribution in [0.15, 0.2) is 0 Å². The molecule has 2 amide bonds. The molecule has 0 saturated carbocycles. The Morgan fingerprint density at radius 3 is 2.74 bits per heavy atom. The van der Waals surface area contributed by atoms with Crippen LogP contribution in [0.4, 0.5) is 0 Å². The van der Waals surface area contributed by atoms with Gasteiger partial charge in [-0.15, -0.1) is 0 Å². The van der Waals surface area contributed by atoms with Gasteiger partial charge in [0.05, 0.1) is 17.9 Å². The van der Waals surface area contributed by atoms with Crippen LogP contribution in [0.5, 0.6) is 0 Å². The van der Waals surface area contributed by atoms with Crippen LogP contribution < -0.4 is 5.32 Å². The second-order valence-electron chi connectivity index (χ2n) is 6.03. The lowest BCUT2D eigenvalue weighted by Crippen LogP contribution is -2.53. The highest BCUT2D eigenvalue weighted by Gasteiger charge is 2.44. The minimum absolute atomic E-state index is 0.0502. The first-order valence-electron chi connectivity index (χ1n) is 7.36. The summed E-state index contributed by atoms with van der Waals surface area (Å²) in [6.45, 7) is 3.53. The third kappa shape index (κ3) is 2.36. The average Bonchev–Trinajstić information content (AvgIpc) is 2.96. The van der Waals surface area contributed by atoms with Crippen LogP contribution in [0.1, 0.15) is 32.1 Å².